The fourth-order valence-electron chi connectivity index (χ4n) is 4.26. The third-order valence-electron chi connectivity index (χ3n) is 6.22. The van der Waals surface area contributed by atoms with Crippen LogP contribution in [0.1, 0.15) is 59.7 Å². The molecule has 1 atom stereocenters. The molecular formula is C26H21F6O3P. The molecule has 0 bridgehead atoms. The zero-order valence-corrected chi connectivity index (χ0v) is 20.6. The van der Waals surface area contributed by atoms with E-state index in [1.165, 1.54) is 13.8 Å². The van der Waals surface area contributed by atoms with Gasteiger partial charge in [-0.2, -0.15) is 26.3 Å². The first kappa shape index (κ1) is 27.4. The van der Waals surface area contributed by atoms with Crippen molar-refractivity contribution >= 4 is 24.4 Å². The Balaban J connectivity index is 2.29. The Morgan fingerprint density at radius 3 is 1.61 bits per heavy atom. The van der Waals surface area contributed by atoms with Gasteiger partial charge in [-0.1, -0.05) is 36.4 Å². The summed E-state index contributed by atoms with van der Waals surface area (Å²) in [6.45, 7) is 6.08. The maximum atomic E-state index is 13.6. The number of rotatable bonds is 5. The molecule has 0 aromatic heterocycles. The van der Waals surface area contributed by atoms with Gasteiger partial charge in [-0.05, 0) is 62.1 Å². The maximum Gasteiger partial charge on any atom is 0.417 e. The van der Waals surface area contributed by atoms with Crippen molar-refractivity contribution in [2.75, 3.05) is 0 Å². The van der Waals surface area contributed by atoms with Crippen LogP contribution in [0.2, 0.25) is 0 Å². The Morgan fingerprint density at radius 2 is 1.14 bits per heavy atom. The highest BCUT2D eigenvalue weighted by Crippen LogP contribution is 2.44. The lowest BCUT2D eigenvalue weighted by Crippen LogP contribution is -2.23. The van der Waals surface area contributed by atoms with Gasteiger partial charge in [0.25, 0.3) is 0 Å². The molecular weight excluding hydrogens is 505 g/mol. The number of carbonyl (C=O) groups excluding carboxylic acids is 2. The number of alkyl halides is 6. The molecule has 0 spiro atoms. The van der Waals surface area contributed by atoms with Crippen LogP contribution in [0.25, 0.3) is 0 Å². The van der Waals surface area contributed by atoms with Gasteiger partial charge in [0.2, 0.25) is 5.52 Å². The first-order valence-corrected chi connectivity index (χ1v) is 12.1. The molecule has 3 aromatic carbocycles. The molecule has 0 aliphatic carbocycles. The summed E-state index contributed by atoms with van der Waals surface area (Å²) in [5.41, 5.74) is -5.39. The molecule has 3 aromatic rings. The minimum Gasteiger partial charge on any atom is -0.313 e. The number of ketones is 1. The van der Waals surface area contributed by atoms with Crippen molar-refractivity contribution in [2.24, 2.45) is 0 Å². The molecule has 0 saturated carbocycles. The normalized spacial score (nSPS) is 12.9. The number of hydrogen-bond donors (Lipinski definition) is 0. The summed E-state index contributed by atoms with van der Waals surface area (Å²) in [5, 5.41) is -0.211. The fraction of sp³-hybridized carbons (Fsp3) is 0.231. The number of carbonyl (C=O) groups is 2. The summed E-state index contributed by atoms with van der Waals surface area (Å²) in [5.74, 6) is -0.469. The summed E-state index contributed by atoms with van der Waals surface area (Å²) in [6, 6.07) is 9.26. The van der Waals surface area contributed by atoms with Gasteiger partial charge in [-0.25, -0.2) is 0 Å². The van der Waals surface area contributed by atoms with E-state index in [-0.39, 0.29) is 27.6 Å². The maximum absolute atomic E-state index is 13.6. The van der Waals surface area contributed by atoms with E-state index in [1.54, 1.807) is 44.2 Å². The van der Waals surface area contributed by atoms with Gasteiger partial charge in [-0.3, -0.25) is 9.59 Å². The summed E-state index contributed by atoms with van der Waals surface area (Å²) < 4.78 is 95.2. The Labute approximate surface area is 203 Å². The van der Waals surface area contributed by atoms with Crippen LogP contribution < -0.4 is 5.30 Å². The minimum atomic E-state index is -5.30. The highest BCUT2D eigenvalue weighted by atomic mass is 31.1. The highest BCUT2D eigenvalue weighted by Gasteiger charge is 2.44. The van der Waals surface area contributed by atoms with E-state index >= 15 is 0 Å². The van der Waals surface area contributed by atoms with Crippen molar-refractivity contribution in [3.05, 3.63) is 98.6 Å². The summed E-state index contributed by atoms with van der Waals surface area (Å²) >= 11 is 0. The molecule has 10 heteroatoms. The molecule has 3 nitrogen and oxygen atoms in total. The molecule has 36 heavy (non-hydrogen) atoms. The minimum absolute atomic E-state index is 0.0831. The number of halogens is 6. The zero-order chi connectivity index (χ0) is 27.2. The molecule has 0 heterocycles. The molecule has 1 unspecified atom stereocenters. The number of benzene rings is 3. The van der Waals surface area contributed by atoms with Crippen molar-refractivity contribution in [1.82, 2.24) is 0 Å². The van der Waals surface area contributed by atoms with E-state index in [9.17, 15) is 40.5 Å². The van der Waals surface area contributed by atoms with Crippen LogP contribution in [-0.2, 0) is 16.9 Å². The van der Waals surface area contributed by atoms with Crippen LogP contribution in [0, 0.1) is 27.7 Å². The molecule has 190 valence electrons. The van der Waals surface area contributed by atoms with Crippen molar-refractivity contribution in [1.29, 1.82) is 0 Å². The highest BCUT2D eigenvalue weighted by molar-refractivity contribution is 7.71. The SMILES string of the molecule is Cc1c(C)c(C(=O)c2ccccc2)c(C)c([PH](=O)C(=O)c2c(C(F)(F)F)cccc2C(F)(F)F)c1C. The van der Waals surface area contributed by atoms with Gasteiger partial charge in [-0.15, -0.1) is 0 Å². The van der Waals surface area contributed by atoms with Crippen molar-refractivity contribution in [3.8, 4) is 0 Å². The van der Waals surface area contributed by atoms with Crippen LogP contribution in [0.3, 0.4) is 0 Å². The van der Waals surface area contributed by atoms with E-state index in [0.717, 1.165) is 0 Å². The second kappa shape index (κ2) is 9.69. The Morgan fingerprint density at radius 1 is 0.639 bits per heavy atom. The first-order valence-electron chi connectivity index (χ1n) is 10.7. The second-order valence-corrected chi connectivity index (χ2v) is 9.94. The second-order valence-electron chi connectivity index (χ2n) is 8.33. The van der Waals surface area contributed by atoms with Crippen molar-refractivity contribution in [3.63, 3.8) is 0 Å². The largest absolute Gasteiger partial charge is 0.417 e. The lowest BCUT2D eigenvalue weighted by Gasteiger charge is -2.21. The average Bonchev–Trinajstić information content (AvgIpc) is 2.81. The van der Waals surface area contributed by atoms with Crippen LogP contribution in [0.15, 0.2) is 48.5 Å². The molecule has 0 radical (unpaired) electrons. The van der Waals surface area contributed by atoms with Crippen LogP contribution in [0.4, 0.5) is 26.3 Å². The molecule has 0 N–H and O–H groups in total. The van der Waals surface area contributed by atoms with Gasteiger partial charge in [0.1, 0.15) is 0 Å². The van der Waals surface area contributed by atoms with E-state index in [4.69, 9.17) is 0 Å². The van der Waals surface area contributed by atoms with Crippen molar-refractivity contribution in [2.45, 2.75) is 40.0 Å². The van der Waals surface area contributed by atoms with Gasteiger partial charge >= 0.3 is 12.4 Å². The topological polar surface area (TPSA) is 51.2 Å². The van der Waals surface area contributed by atoms with Crippen LogP contribution in [-0.4, -0.2) is 11.3 Å². The summed E-state index contributed by atoms with van der Waals surface area (Å²) in [6.07, 6.45) is -10.6. The summed E-state index contributed by atoms with van der Waals surface area (Å²) in [4.78, 5) is 26.4. The molecule has 0 aliphatic heterocycles. The monoisotopic (exact) mass is 526 g/mol. The predicted octanol–water partition coefficient (Wildman–Crippen LogP) is 7.21. The van der Waals surface area contributed by atoms with E-state index in [2.05, 4.69) is 0 Å². The number of hydrogen-bond acceptors (Lipinski definition) is 3. The standard InChI is InChI=1S/C26H21F6O3P/c1-13-14(2)20(22(33)17-9-6-5-7-10-17)16(4)23(15(13)3)36(35)24(34)21-18(25(27,28)29)11-8-12-19(21)26(30,31)32/h5-12,36H,1-4H3. The summed E-state index contributed by atoms with van der Waals surface area (Å²) in [7, 11) is -3.94. The van der Waals surface area contributed by atoms with Gasteiger partial charge < -0.3 is 4.57 Å². The Hall–Kier alpha value is -3.19. The lowest BCUT2D eigenvalue weighted by molar-refractivity contribution is -0.143. The van der Waals surface area contributed by atoms with Gasteiger partial charge in [0.15, 0.2) is 13.6 Å². The molecule has 0 amide bonds. The lowest BCUT2D eigenvalue weighted by atomic mass is 9.89. The Bertz CT molecular complexity index is 1360. The van der Waals surface area contributed by atoms with Crippen molar-refractivity contribution < 1.29 is 40.5 Å². The quantitative estimate of drug-likeness (QED) is 0.201. The molecule has 0 fully saturated rings. The van der Waals surface area contributed by atoms with E-state index in [0.29, 0.717) is 29.3 Å². The fourth-order valence-corrected chi connectivity index (χ4v) is 5.97. The zero-order valence-electron chi connectivity index (χ0n) is 19.6. The van der Waals surface area contributed by atoms with Crippen LogP contribution >= 0.6 is 7.80 Å². The van der Waals surface area contributed by atoms with Gasteiger partial charge in [0, 0.05) is 22.0 Å². The predicted molar refractivity (Wildman–Crippen MR) is 125 cm³/mol. The van der Waals surface area contributed by atoms with E-state index < -0.39 is 48.2 Å². The first-order chi connectivity index (χ1) is 16.6. The van der Waals surface area contributed by atoms with E-state index in [1.807, 2.05) is 0 Å². The molecule has 0 aliphatic rings. The Kier molecular flexibility index (Phi) is 7.38. The molecule has 0 saturated heterocycles. The smallest absolute Gasteiger partial charge is 0.313 e. The third-order valence-corrected chi connectivity index (χ3v) is 8.09. The molecule has 3 rings (SSSR count). The average molecular weight is 526 g/mol. The van der Waals surface area contributed by atoms with Crippen LogP contribution in [0.5, 0.6) is 0 Å². The van der Waals surface area contributed by atoms with Gasteiger partial charge in [0.05, 0.1) is 11.1 Å². The third kappa shape index (κ3) is 4.89.